The molecule has 0 aromatic heterocycles. The predicted molar refractivity (Wildman–Crippen MR) is 114 cm³/mol. The number of rotatable bonds is 11. The molecule has 0 aromatic carbocycles. The zero-order valence-electron chi connectivity index (χ0n) is 18.1. The van der Waals surface area contributed by atoms with Gasteiger partial charge in [-0.2, -0.15) is 0 Å². The molecule has 1 saturated heterocycles. The molecule has 5 nitrogen and oxygen atoms in total. The Morgan fingerprint density at radius 3 is 2.72 bits per heavy atom. The lowest BCUT2D eigenvalue weighted by molar-refractivity contribution is -0.140. The van der Waals surface area contributed by atoms with Crippen LogP contribution < -0.4 is 0 Å². The van der Waals surface area contributed by atoms with E-state index in [1.165, 1.54) is 7.11 Å². The Bertz CT molecular complexity index is 627. The third kappa shape index (κ3) is 6.89. The first kappa shape index (κ1) is 23.5. The van der Waals surface area contributed by atoms with E-state index in [-0.39, 0.29) is 23.3 Å². The molecule has 0 bridgehead atoms. The van der Waals surface area contributed by atoms with Crippen LogP contribution in [-0.4, -0.2) is 47.7 Å². The first-order chi connectivity index (χ1) is 14.0. The Hall–Kier alpha value is -1.80. The Labute approximate surface area is 175 Å². The largest absolute Gasteiger partial charge is 0.469 e. The van der Waals surface area contributed by atoms with E-state index in [9.17, 15) is 14.7 Å². The number of ether oxygens (including phenoxy) is 1. The van der Waals surface area contributed by atoms with Crippen LogP contribution in [0.25, 0.3) is 0 Å². The number of carbonyl (C=O) groups excluding carboxylic acids is 2. The Morgan fingerprint density at radius 1 is 1.31 bits per heavy atom. The molecule has 1 saturated carbocycles. The molecule has 1 amide bonds. The number of aliphatic hydroxyl groups is 1. The first-order valence-electron chi connectivity index (χ1n) is 11.2. The van der Waals surface area contributed by atoms with Gasteiger partial charge >= 0.3 is 5.97 Å². The molecular formula is C24H37NO4. The summed E-state index contributed by atoms with van der Waals surface area (Å²) in [7, 11) is 1.41. The number of nitrogens with zero attached hydrogens (tertiary/aromatic N) is 1. The Kier molecular flexibility index (Phi) is 9.73. The fraction of sp³-hybridized carbons (Fsp3) is 0.750. The highest BCUT2D eigenvalue weighted by atomic mass is 16.5. The molecule has 2 aliphatic rings. The number of hydrogen-bond acceptors (Lipinski definition) is 4. The minimum Gasteiger partial charge on any atom is -0.469 e. The van der Waals surface area contributed by atoms with Gasteiger partial charge in [-0.15, -0.1) is 11.8 Å². The van der Waals surface area contributed by atoms with Crippen LogP contribution in [0.4, 0.5) is 0 Å². The SMILES string of the molecule is CCC#CCC1([C@H](O)C=C[C@H]2CCC(=O)N2CCCCCCC(=O)OC)CCC1. The quantitative estimate of drug-likeness (QED) is 0.245. The maximum atomic E-state index is 12.3. The Morgan fingerprint density at radius 2 is 2.07 bits per heavy atom. The molecule has 5 heteroatoms. The molecule has 1 heterocycles. The van der Waals surface area contributed by atoms with Crippen LogP contribution in [0.15, 0.2) is 12.2 Å². The molecule has 0 radical (unpaired) electrons. The minimum absolute atomic E-state index is 0.0890. The van der Waals surface area contributed by atoms with Crippen LogP contribution in [0.1, 0.15) is 84.0 Å². The molecule has 1 aliphatic carbocycles. The van der Waals surface area contributed by atoms with Gasteiger partial charge < -0.3 is 14.7 Å². The van der Waals surface area contributed by atoms with Gasteiger partial charge in [-0.05, 0) is 32.1 Å². The topological polar surface area (TPSA) is 66.8 Å². The number of carbonyl (C=O) groups is 2. The summed E-state index contributed by atoms with van der Waals surface area (Å²) in [4.78, 5) is 25.3. The van der Waals surface area contributed by atoms with Gasteiger partial charge in [0.05, 0.1) is 19.3 Å². The van der Waals surface area contributed by atoms with Crippen LogP contribution >= 0.6 is 0 Å². The summed E-state index contributed by atoms with van der Waals surface area (Å²) in [5.74, 6) is 6.39. The average Bonchev–Trinajstić information content (AvgIpc) is 3.04. The van der Waals surface area contributed by atoms with E-state index >= 15 is 0 Å². The van der Waals surface area contributed by atoms with Gasteiger partial charge in [-0.1, -0.05) is 38.3 Å². The second-order valence-corrected chi connectivity index (χ2v) is 8.36. The van der Waals surface area contributed by atoms with Crippen molar-refractivity contribution in [1.82, 2.24) is 4.90 Å². The van der Waals surface area contributed by atoms with E-state index in [0.29, 0.717) is 12.8 Å². The number of likely N-dealkylation sites (tertiary alicyclic amines) is 1. The minimum atomic E-state index is -0.488. The Balaban J connectivity index is 1.79. The van der Waals surface area contributed by atoms with Crippen molar-refractivity contribution >= 4 is 11.9 Å². The van der Waals surface area contributed by atoms with Gasteiger partial charge in [0.15, 0.2) is 0 Å². The molecule has 2 atom stereocenters. The van der Waals surface area contributed by atoms with Crippen molar-refractivity contribution < 1.29 is 19.4 Å². The van der Waals surface area contributed by atoms with Crippen molar-refractivity contribution in [1.29, 1.82) is 0 Å². The molecule has 0 aromatic rings. The van der Waals surface area contributed by atoms with Crippen LogP contribution in [0, 0.1) is 17.3 Å². The summed E-state index contributed by atoms with van der Waals surface area (Å²) in [5, 5.41) is 10.8. The third-order valence-electron chi connectivity index (χ3n) is 6.37. The number of amides is 1. The summed E-state index contributed by atoms with van der Waals surface area (Å²) in [5.41, 5.74) is -0.0915. The van der Waals surface area contributed by atoms with Crippen LogP contribution in [0.3, 0.4) is 0 Å². The van der Waals surface area contributed by atoms with E-state index < -0.39 is 6.10 Å². The van der Waals surface area contributed by atoms with Gasteiger partial charge in [0.1, 0.15) is 0 Å². The van der Waals surface area contributed by atoms with Crippen molar-refractivity contribution in [2.75, 3.05) is 13.7 Å². The number of esters is 1. The lowest BCUT2D eigenvalue weighted by atomic mass is 9.63. The lowest BCUT2D eigenvalue weighted by Crippen LogP contribution is -2.40. The molecule has 29 heavy (non-hydrogen) atoms. The summed E-state index contributed by atoms with van der Waals surface area (Å²) < 4.78 is 4.65. The lowest BCUT2D eigenvalue weighted by Gasteiger charge is -2.43. The van der Waals surface area contributed by atoms with E-state index in [4.69, 9.17) is 0 Å². The molecule has 1 aliphatic heterocycles. The standard InChI is InChI=1S/C24H37NO4/c1-3-4-8-16-24(17-10-18-24)21(26)14-12-20-13-15-22(27)25(20)19-9-6-5-7-11-23(28)29-2/h12,14,20-21,26H,3,5-7,9-11,13,15-19H2,1-2H3/t20-,21+/m0/s1. The van der Waals surface area contributed by atoms with Crippen molar-refractivity contribution in [2.24, 2.45) is 5.41 Å². The van der Waals surface area contributed by atoms with E-state index in [2.05, 4.69) is 16.6 Å². The molecule has 1 N–H and O–H groups in total. The number of methoxy groups -OCH3 is 1. The van der Waals surface area contributed by atoms with Gasteiger partial charge in [0.25, 0.3) is 0 Å². The summed E-state index contributed by atoms with van der Waals surface area (Å²) in [6.45, 7) is 2.79. The monoisotopic (exact) mass is 403 g/mol. The van der Waals surface area contributed by atoms with E-state index in [0.717, 1.165) is 70.8 Å². The van der Waals surface area contributed by atoms with Crippen LogP contribution in [-0.2, 0) is 14.3 Å². The maximum absolute atomic E-state index is 12.3. The number of aliphatic hydroxyl groups excluding tert-OH is 1. The zero-order chi connectivity index (χ0) is 21.1. The fourth-order valence-corrected chi connectivity index (χ4v) is 4.26. The molecule has 0 spiro atoms. The van der Waals surface area contributed by atoms with Gasteiger partial charge in [0.2, 0.25) is 5.91 Å². The van der Waals surface area contributed by atoms with Crippen molar-refractivity contribution in [3.63, 3.8) is 0 Å². The highest BCUT2D eigenvalue weighted by molar-refractivity contribution is 5.79. The van der Waals surface area contributed by atoms with Crippen molar-refractivity contribution in [3.8, 4) is 11.8 Å². The zero-order valence-corrected chi connectivity index (χ0v) is 18.1. The molecule has 162 valence electrons. The number of hydrogen-bond donors (Lipinski definition) is 1. The summed E-state index contributed by atoms with van der Waals surface area (Å²) >= 11 is 0. The van der Waals surface area contributed by atoms with E-state index in [1.807, 2.05) is 24.0 Å². The number of unbranched alkanes of at least 4 members (excludes halogenated alkanes) is 3. The summed E-state index contributed by atoms with van der Waals surface area (Å²) in [6.07, 6.45) is 13.9. The normalized spacial score (nSPS) is 21.6. The summed E-state index contributed by atoms with van der Waals surface area (Å²) in [6, 6.07) is 0.0890. The smallest absolute Gasteiger partial charge is 0.305 e. The second kappa shape index (κ2) is 12.0. The van der Waals surface area contributed by atoms with Crippen molar-refractivity contribution in [2.45, 2.75) is 96.1 Å². The maximum Gasteiger partial charge on any atom is 0.305 e. The first-order valence-corrected chi connectivity index (χ1v) is 11.2. The van der Waals surface area contributed by atoms with Gasteiger partial charge in [0, 0.05) is 37.6 Å². The second-order valence-electron chi connectivity index (χ2n) is 8.36. The van der Waals surface area contributed by atoms with Gasteiger partial charge in [-0.3, -0.25) is 9.59 Å². The van der Waals surface area contributed by atoms with E-state index in [1.54, 1.807) is 0 Å². The van der Waals surface area contributed by atoms with Gasteiger partial charge in [-0.25, -0.2) is 0 Å². The highest BCUT2D eigenvalue weighted by Crippen LogP contribution is 2.47. The molecule has 2 rings (SSSR count). The van der Waals surface area contributed by atoms with Crippen LogP contribution in [0.2, 0.25) is 0 Å². The fourth-order valence-electron chi connectivity index (χ4n) is 4.26. The average molecular weight is 404 g/mol. The highest BCUT2D eigenvalue weighted by Gasteiger charge is 2.42. The third-order valence-corrected chi connectivity index (χ3v) is 6.37. The predicted octanol–water partition coefficient (Wildman–Crippen LogP) is 3.99. The van der Waals surface area contributed by atoms with Crippen molar-refractivity contribution in [3.05, 3.63) is 12.2 Å². The van der Waals surface area contributed by atoms with Crippen LogP contribution in [0.5, 0.6) is 0 Å². The molecule has 0 unspecified atom stereocenters. The molecule has 2 fully saturated rings. The molecular weight excluding hydrogens is 366 g/mol.